The van der Waals surface area contributed by atoms with Gasteiger partial charge < -0.3 is 19.9 Å². The summed E-state index contributed by atoms with van der Waals surface area (Å²) in [7, 11) is 0. The molecule has 2 fully saturated rings. The Kier molecular flexibility index (Phi) is 8.18. The predicted molar refractivity (Wildman–Crippen MR) is 130 cm³/mol. The van der Waals surface area contributed by atoms with Crippen LogP contribution < -0.4 is 10.1 Å². The largest absolute Gasteiger partial charge is 0.573 e. The number of rotatable bonds is 6. The summed E-state index contributed by atoms with van der Waals surface area (Å²) in [5, 5.41) is 2.87. The number of halogens is 3. The van der Waals surface area contributed by atoms with Crippen molar-refractivity contribution in [1.82, 2.24) is 15.1 Å². The molecule has 2 saturated heterocycles. The molecular formula is C27H32F3N3O3. The first kappa shape index (κ1) is 26.0. The molecule has 2 aliphatic heterocycles. The standard InChI is InChI=1S/C27H32F3N3O3/c1-19-6-8-20(9-7-19)18-25(34)33-16-12-22(13-17-33)32-14-10-21(11-15-32)31-26(35)23-4-2-3-5-24(23)36-27(28,29)30/h2-9,21-22H,10-18H2,1H3,(H,31,35). The number of benzene rings is 2. The summed E-state index contributed by atoms with van der Waals surface area (Å²) in [5.41, 5.74) is 2.08. The lowest BCUT2D eigenvalue weighted by Crippen LogP contribution is -2.52. The number of likely N-dealkylation sites (tertiary alicyclic amines) is 2. The molecule has 0 spiro atoms. The van der Waals surface area contributed by atoms with E-state index in [1.165, 1.54) is 23.8 Å². The fourth-order valence-corrected chi connectivity index (χ4v) is 5.01. The van der Waals surface area contributed by atoms with E-state index < -0.39 is 18.0 Å². The van der Waals surface area contributed by atoms with E-state index in [0.717, 1.165) is 63.5 Å². The van der Waals surface area contributed by atoms with E-state index in [4.69, 9.17) is 0 Å². The van der Waals surface area contributed by atoms with Crippen LogP contribution in [0.2, 0.25) is 0 Å². The van der Waals surface area contributed by atoms with Crippen molar-refractivity contribution in [3.8, 4) is 5.75 Å². The fraction of sp³-hybridized carbons (Fsp3) is 0.481. The van der Waals surface area contributed by atoms with Crippen LogP contribution >= 0.6 is 0 Å². The number of carbonyl (C=O) groups excluding carboxylic acids is 2. The molecule has 0 aromatic heterocycles. The monoisotopic (exact) mass is 503 g/mol. The van der Waals surface area contributed by atoms with Crippen molar-refractivity contribution in [2.75, 3.05) is 26.2 Å². The Bertz CT molecular complexity index is 1040. The first-order valence-corrected chi connectivity index (χ1v) is 12.4. The number of hydrogen-bond donors (Lipinski definition) is 1. The highest BCUT2D eigenvalue weighted by atomic mass is 19.4. The Morgan fingerprint density at radius 1 is 0.944 bits per heavy atom. The van der Waals surface area contributed by atoms with Gasteiger partial charge in [0.05, 0.1) is 12.0 Å². The summed E-state index contributed by atoms with van der Waals surface area (Å²) in [4.78, 5) is 29.7. The van der Waals surface area contributed by atoms with Crippen LogP contribution in [0.4, 0.5) is 13.2 Å². The van der Waals surface area contributed by atoms with Crippen molar-refractivity contribution in [2.45, 2.75) is 57.5 Å². The molecule has 2 heterocycles. The SMILES string of the molecule is Cc1ccc(CC(=O)N2CCC(N3CCC(NC(=O)c4ccccc4OC(F)(F)F)CC3)CC2)cc1. The van der Waals surface area contributed by atoms with Gasteiger partial charge in [0.2, 0.25) is 5.91 Å². The van der Waals surface area contributed by atoms with E-state index in [9.17, 15) is 22.8 Å². The minimum absolute atomic E-state index is 0.108. The molecule has 0 aliphatic carbocycles. The Morgan fingerprint density at radius 2 is 1.58 bits per heavy atom. The van der Waals surface area contributed by atoms with E-state index in [1.807, 2.05) is 36.1 Å². The average Bonchev–Trinajstić information content (AvgIpc) is 2.85. The maximum Gasteiger partial charge on any atom is 0.573 e. The van der Waals surface area contributed by atoms with Crippen LogP contribution in [0.15, 0.2) is 48.5 Å². The molecule has 2 aliphatic rings. The Labute approximate surface area is 209 Å². The van der Waals surface area contributed by atoms with Gasteiger partial charge in [-0.25, -0.2) is 0 Å². The van der Waals surface area contributed by atoms with Gasteiger partial charge >= 0.3 is 6.36 Å². The zero-order valence-corrected chi connectivity index (χ0v) is 20.4. The molecule has 2 amide bonds. The number of carbonyl (C=O) groups is 2. The van der Waals surface area contributed by atoms with Crippen LogP contribution in [0.25, 0.3) is 0 Å². The summed E-state index contributed by atoms with van der Waals surface area (Å²) in [6.45, 7) is 5.10. The van der Waals surface area contributed by atoms with Crippen molar-refractivity contribution in [2.24, 2.45) is 0 Å². The van der Waals surface area contributed by atoms with E-state index in [0.29, 0.717) is 12.5 Å². The smallest absolute Gasteiger partial charge is 0.405 e. The van der Waals surface area contributed by atoms with E-state index in [-0.39, 0.29) is 17.5 Å². The number of ether oxygens (including phenoxy) is 1. The predicted octanol–water partition coefficient (Wildman–Crippen LogP) is 4.32. The number of amides is 2. The van der Waals surface area contributed by atoms with Crippen LogP contribution in [-0.4, -0.2) is 66.2 Å². The van der Waals surface area contributed by atoms with Gasteiger partial charge in [0, 0.05) is 38.3 Å². The highest BCUT2D eigenvalue weighted by Crippen LogP contribution is 2.27. The summed E-state index contributed by atoms with van der Waals surface area (Å²) < 4.78 is 42.0. The van der Waals surface area contributed by atoms with Gasteiger partial charge in [-0.15, -0.1) is 13.2 Å². The number of aryl methyl sites for hydroxylation is 1. The van der Waals surface area contributed by atoms with Gasteiger partial charge in [-0.3, -0.25) is 9.59 Å². The Balaban J connectivity index is 1.22. The van der Waals surface area contributed by atoms with Crippen LogP contribution in [0.5, 0.6) is 5.75 Å². The molecule has 2 aromatic rings. The van der Waals surface area contributed by atoms with Gasteiger partial charge in [0.1, 0.15) is 5.75 Å². The van der Waals surface area contributed by atoms with Gasteiger partial charge in [-0.05, 0) is 50.3 Å². The molecule has 0 saturated carbocycles. The van der Waals surface area contributed by atoms with Crippen molar-refractivity contribution in [1.29, 1.82) is 0 Å². The number of nitrogens with one attached hydrogen (secondary N) is 1. The number of hydrogen-bond acceptors (Lipinski definition) is 4. The maximum absolute atomic E-state index is 12.7. The minimum atomic E-state index is -4.86. The summed E-state index contributed by atoms with van der Waals surface area (Å²) in [6.07, 6.45) is -1.16. The van der Waals surface area contributed by atoms with E-state index >= 15 is 0 Å². The molecule has 0 radical (unpaired) electrons. The van der Waals surface area contributed by atoms with Gasteiger partial charge in [0.15, 0.2) is 0 Å². The number of piperidine rings is 2. The molecule has 0 atom stereocenters. The zero-order chi connectivity index (χ0) is 25.7. The molecule has 0 unspecified atom stereocenters. The number of para-hydroxylation sites is 1. The molecule has 1 N–H and O–H groups in total. The number of nitrogens with zero attached hydrogens (tertiary/aromatic N) is 2. The molecule has 36 heavy (non-hydrogen) atoms. The van der Waals surface area contributed by atoms with E-state index in [2.05, 4.69) is 15.0 Å². The molecule has 2 aromatic carbocycles. The molecule has 6 nitrogen and oxygen atoms in total. The molecule has 194 valence electrons. The Hall–Kier alpha value is -3.07. The van der Waals surface area contributed by atoms with Crippen LogP contribution in [0, 0.1) is 6.92 Å². The summed E-state index contributed by atoms with van der Waals surface area (Å²) >= 11 is 0. The van der Waals surface area contributed by atoms with Crippen molar-refractivity contribution in [3.63, 3.8) is 0 Å². The lowest BCUT2D eigenvalue weighted by atomic mass is 9.97. The van der Waals surface area contributed by atoms with Crippen molar-refractivity contribution < 1.29 is 27.5 Å². The third-order valence-electron chi connectivity index (χ3n) is 7.03. The summed E-state index contributed by atoms with van der Waals surface area (Å²) in [5.74, 6) is -0.897. The van der Waals surface area contributed by atoms with Crippen LogP contribution in [0.3, 0.4) is 0 Å². The van der Waals surface area contributed by atoms with Crippen LogP contribution in [0.1, 0.15) is 47.2 Å². The van der Waals surface area contributed by atoms with Crippen molar-refractivity contribution >= 4 is 11.8 Å². The molecular weight excluding hydrogens is 471 g/mol. The van der Waals surface area contributed by atoms with Gasteiger partial charge in [-0.2, -0.15) is 0 Å². The van der Waals surface area contributed by atoms with Crippen LogP contribution in [-0.2, 0) is 11.2 Å². The quantitative estimate of drug-likeness (QED) is 0.638. The third kappa shape index (κ3) is 7.00. The lowest BCUT2D eigenvalue weighted by Gasteiger charge is -2.42. The second-order valence-electron chi connectivity index (χ2n) is 9.60. The Morgan fingerprint density at radius 3 is 2.22 bits per heavy atom. The first-order valence-electron chi connectivity index (χ1n) is 12.4. The number of alkyl halides is 3. The van der Waals surface area contributed by atoms with Gasteiger partial charge in [0.25, 0.3) is 5.91 Å². The molecule has 9 heteroatoms. The van der Waals surface area contributed by atoms with Crippen molar-refractivity contribution in [3.05, 3.63) is 65.2 Å². The highest BCUT2D eigenvalue weighted by molar-refractivity contribution is 5.97. The first-order chi connectivity index (χ1) is 17.2. The highest BCUT2D eigenvalue weighted by Gasteiger charge is 2.34. The fourth-order valence-electron chi connectivity index (χ4n) is 5.01. The van der Waals surface area contributed by atoms with Gasteiger partial charge in [-0.1, -0.05) is 42.0 Å². The lowest BCUT2D eigenvalue weighted by molar-refractivity contribution is -0.274. The van der Waals surface area contributed by atoms with E-state index in [1.54, 1.807) is 0 Å². The zero-order valence-electron chi connectivity index (χ0n) is 20.4. The topological polar surface area (TPSA) is 61.9 Å². The minimum Gasteiger partial charge on any atom is -0.405 e. The normalized spacial score (nSPS) is 18.2. The summed E-state index contributed by atoms with van der Waals surface area (Å²) in [6, 6.07) is 13.7. The second-order valence-corrected chi connectivity index (χ2v) is 9.60. The maximum atomic E-state index is 12.7. The molecule has 0 bridgehead atoms. The third-order valence-corrected chi connectivity index (χ3v) is 7.03. The molecule has 4 rings (SSSR count). The second kappa shape index (κ2) is 11.3. The average molecular weight is 504 g/mol.